The molecule has 0 unspecified atom stereocenters. The van der Waals surface area contributed by atoms with Crippen LogP contribution in [0.3, 0.4) is 0 Å². The second-order valence-electron chi connectivity index (χ2n) is 7.23. The third-order valence-corrected chi connectivity index (χ3v) is 5.01. The molecule has 0 spiro atoms. The van der Waals surface area contributed by atoms with Crippen LogP contribution in [0.4, 0.5) is 0 Å². The maximum atomic E-state index is 6.06. The third kappa shape index (κ3) is 4.81. The number of aromatic amines is 1. The summed E-state index contributed by atoms with van der Waals surface area (Å²) in [6.07, 6.45) is 0. The molecule has 1 aromatic heterocycles. The van der Waals surface area contributed by atoms with Gasteiger partial charge in [-0.3, -0.25) is 0 Å². The smallest absolute Gasteiger partial charge is 0.161 e. The highest BCUT2D eigenvalue weighted by Gasteiger charge is 2.08. The van der Waals surface area contributed by atoms with Gasteiger partial charge in [0.05, 0.1) is 24.2 Å². The van der Waals surface area contributed by atoms with Crippen LogP contribution in [-0.2, 0) is 19.7 Å². The molecule has 0 radical (unpaired) electrons. The highest BCUT2D eigenvalue weighted by Crippen LogP contribution is 2.29. The summed E-state index contributed by atoms with van der Waals surface area (Å²) in [6.45, 7) is 6.59. The normalized spacial score (nSPS) is 11.0. The van der Waals surface area contributed by atoms with E-state index in [0.29, 0.717) is 19.8 Å². The summed E-state index contributed by atoms with van der Waals surface area (Å²) in [4.78, 5) is 7.94. The lowest BCUT2D eigenvalue weighted by molar-refractivity contribution is 0.268. The van der Waals surface area contributed by atoms with Crippen molar-refractivity contribution < 1.29 is 9.47 Å². The summed E-state index contributed by atoms with van der Waals surface area (Å²) in [7, 11) is 0. The number of hydrogen-bond acceptors (Lipinski definition) is 4. The fraction of sp³-hybridized carbons (Fsp3) is 0.240. The van der Waals surface area contributed by atoms with E-state index in [-0.39, 0.29) is 0 Å². The zero-order valence-electron chi connectivity index (χ0n) is 17.4. The topological polar surface area (TPSA) is 59.2 Å². The van der Waals surface area contributed by atoms with E-state index in [9.17, 15) is 0 Å². The summed E-state index contributed by atoms with van der Waals surface area (Å²) < 4.78 is 11.9. The van der Waals surface area contributed by atoms with E-state index in [1.807, 2.05) is 55.5 Å². The molecule has 1 heterocycles. The molecule has 4 aromatic rings. The first kappa shape index (κ1) is 20.0. The number of benzene rings is 3. The van der Waals surface area contributed by atoms with Crippen LogP contribution in [0.1, 0.15) is 29.4 Å². The van der Waals surface area contributed by atoms with Crippen LogP contribution in [0, 0.1) is 6.92 Å². The number of para-hydroxylation sites is 2. The Kier molecular flexibility index (Phi) is 6.30. The number of ether oxygens (including phenoxy) is 2. The average molecular weight is 402 g/mol. The van der Waals surface area contributed by atoms with E-state index in [2.05, 4.69) is 40.4 Å². The summed E-state index contributed by atoms with van der Waals surface area (Å²) in [5.74, 6) is 2.47. The van der Waals surface area contributed by atoms with E-state index in [0.717, 1.165) is 40.5 Å². The van der Waals surface area contributed by atoms with Crippen molar-refractivity contribution in [2.75, 3.05) is 6.61 Å². The number of aromatic nitrogens is 2. The van der Waals surface area contributed by atoms with Crippen molar-refractivity contribution in [3.05, 3.63) is 89.2 Å². The molecule has 0 aliphatic rings. The molecule has 5 heteroatoms. The van der Waals surface area contributed by atoms with Gasteiger partial charge in [0.25, 0.3) is 0 Å². The zero-order valence-corrected chi connectivity index (χ0v) is 17.4. The minimum absolute atomic E-state index is 0.524. The number of nitrogens with one attached hydrogen (secondary N) is 2. The Hall–Kier alpha value is -3.31. The molecule has 154 valence electrons. The van der Waals surface area contributed by atoms with Gasteiger partial charge >= 0.3 is 0 Å². The quantitative estimate of drug-likeness (QED) is 0.408. The van der Waals surface area contributed by atoms with E-state index >= 15 is 0 Å². The molecule has 4 rings (SSSR count). The second kappa shape index (κ2) is 9.46. The van der Waals surface area contributed by atoms with Gasteiger partial charge in [0.2, 0.25) is 0 Å². The van der Waals surface area contributed by atoms with Gasteiger partial charge in [-0.2, -0.15) is 0 Å². The van der Waals surface area contributed by atoms with Gasteiger partial charge in [-0.25, -0.2) is 4.98 Å². The van der Waals surface area contributed by atoms with E-state index in [1.54, 1.807) is 0 Å². The zero-order chi connectivity index (χ0) is 20.8. The van der Waals surface area contributed by atoms with Crippen LogP contribution in [0.15, 0.2) is 66.7 Å². The van der Waals surface area contributed by atoms with Gasteiger partial charge in [-0.1, -0.05) is 42.5 Å². The number of fused-ring (bicyclic) bond motifs is 1. The van der Waals surface area contributed by atoms with E-state index in [4.69, 9.17) is 9.47 Å². The van der Waals surface area contributed by atoms with Crippen molar-refractivity contribution in [3.8, 4) is 11.5 Å². The lowest BCUT2D eigenvalue weighted by Crippen LogP contribution is -2.14. The van der Waals surface area contributed by atoms with Gasteiger partial charge in [-0.15, -0.1) is 0 Å². The molecule has 0 saturated heterocycles. The van der Waals surface area contributed by atoms with Crippen LogP contribution in [-0.4, -0.2) is 16.6 Å². The Morgan fingerprint density at radius 2 is 1.73 bits per heavy atom. The Balaban J connectivity index is 1.38. The van der Waals surface area contributed by atoms with Crippen LogP contribution in [0.2, 0.25) is 0 Å². The van der Waals surface area contributed by atoms with Gasteiger partial charge in [0.15, 0.2) is 11.5 Å². The van der Waals surface area contributed by atoms with Gasteiger partial charge in [-0.05, 0) is 54.8 Å². The number of imidazole rings is 1. The average Bonchev–Trinajstić information content (AvgIpc) is 3.17. The van der Waals surface area contributed by atoms with Crippen LogP contribution in [0.25, 0.3) is 11.0 Å². The second-order valence-corrected chi connectivity index (χ2v) is 7.23. The molecule has 0 aliphatic heterocycles. The molecule has 5 nitrogen and oxygen atoms in total. The Morgan fingerprint density at radius 1 is 0.900 bits per heavy atom. The first-order chi connectivity index (χ1) is 14.7. The van der Waals surface area contributed by atoms with Crippen molar-refractivity contribution in [2.45, 2.75) is 33.5 Å². The molecule has 0 fully saturated rings. The fourth-order valence-electron chi connectivity index (χ4n) is 3.39. The maximum absolute atomic E-state index is 6.06. The standard InChI is InChI=1S/C25H27N3O2/c1-3-29-24-14-19(12-13-23(24)30-17-20-9-5-4-8-18(20)2)15-26-16-25-27-21-10-6-7-11-22(21)28-25/h4-14,26H,3,15-17H2,1-2H3,(H,27,28). The molecule has 3 aromatic carbocycles. The Bertz CT molecular complexity index is 1090. The number of rotatable bonds is 9. The number of H-pyrrole nitrogens is 1. The predicted octanol–water partition coefficient (Wildman–Crippen LogP) is 5.14. The molecule has 0 amide bonds. The fourth-order valence-corrected chi connectivity index (χ4v) is 3.39. The summed E-state index contributed by atoms with van der Waals surface area (Å²) in [6, 6.07) is 22.4. The van der Waals surface area contributed by atoms with Gasteiger partial charge < -0.3 is 19.8 Å². The summed E-state index contributed by atoms with van der Waals surface area (Å²) in [5.41, 5.74) is 5.59. The predicted molar refractivity (Wildman–Crippen MR) is 120 cm³/mol. The molecule has 0 atom stereocenters. The first-order valence-corrected chi connectivity index (χ1v) is 10.3. The monoisotopic (exact) mass is 401 g/mol. The molecular weight excluding hydrogens is 374 g/mol. The van der Waals surface area contributed by atoms with Crippen molar-refractivity contribution >= 4 is 11.0 Å². The number of hydrogen-bond donors (Lipinski definition) is 2. The molecule has 0 saturated carbocycles. The van der Waals surface area contributed by atoms with Crippen LogP contribution < -0.4 is 14.8 Å². The van der Waals surface area contributed by atoms with Gasteiger partial charge in [0, 0.05) is 6.54 Å². The maximum Gasteiger partial charge on any atom is 0.161 e. The lowest BCUT2D eigenvalue weighted by Gasteiger charge is -2.14. The minimum Gasteiger partial charge on any atom is -0.490 e. The van der Waals surface area contributed by atoms with Gasteiger partial charge in [0.1, 0.15) is 12.4 Å². The van der Waals surface area contributed by atoms with Crippen molar-refractivity contribution in [1.29, 1.82) is 0 Å². The third-order valence-electron chi connectivity index (χ3n) is 5.01. The van der Waals surface area contributed by atoms with E-state index < -0.39 is 0 Å². The highest BCUT2D eigenvalue weighted by atomic mass is 16.5. The van der Waals surface area contributed by atoms with Crippen LogP contribution in [0.5, 0.6) is 11.5 Å². The molecule has 0 aliphatic carbocycles. The Morgan fingerprint density at radius 3 is 2.57 bits per heavy atom. The summed E-state index contributed by atoms with van der Waals surface area (Å²) >= 11 is 0. The van der Waals surface area contributed by atoms with Crippen molar-refractivity contribution in [1.82, 2.24) is 15.3 Å². The first-order valence-electron chi connectivity index (χ1n) is 10.3. The summed E-state index contributed by atoms with van der Waals surface area (Å²) in [5, 5.41) is 3.44. The largest absolute Gasteiger partial charge is 0.490 e. The SMILES string of the molecule is CCOc1cc(CNCc2nc3ccccc3[nH]2)ccc1OCc1ccccc1C. The van der Waals surface area contributed by atoms with E-state index in [1.165, 1.54) is 11.1 Å². The lowest BCUT2D eigenvalue weighted by atomic mass is 10.1. The van der Waals surface area contributed by atoms with Crippen molar-refractivity contribution in [2.24, 2.45) is 0 Å². The number of nitrogens with zero attached hydrogens (tertiary/aromatic N) is 1. The highest BCUT2D eigenvalue weighted by molar-refractivity contribution is 5.74. The van der Waals surface area contributed by atoms with Crippen molar-refractivity contribution in [3.63, 3.8) is 0 Å². The molecule has 30 heavy (non-hydrogen) atoms. The molecular formula is C25H27N3O2. The molecule has 2 N–H and O–H groups in total. The number of aryl methyl sites for hydroxylation is 1. The molecule has 0 bridgehead atoms. The van der Waals surface area contributed by atoms with Crippen LogP contribution >= 0.6 is 0 Å². The Labute approximate surface area is 177 Å². The minimum atomic E-state index is 0.524.